The molecular weight excluding hydrogens is 380 g/mol. The number of rotatable bonds is 9. The molecule has 30 heavy (non-hydrogen) atoms. The summed E-state index contributed by atoms with van der Waals surface area (Å²) in [6.07, 6.45) is 0.503. The van der Waals surface area contributed by atoms with Crippen molar-refractivity contribution >= 4 is 11.8 Å². The van der Waals surface area contributed by atoms with Gasteiger partial charge in [0.2, 0.25) is 5.91 Å². The molecule has 2 aromatic rings. The van der Waals surface area contributed by atoms with Gasteiger partial charge in [-0.15, -0.1) is 0 Å². The molecule has 162 valence electrons. The quantitative estimate of drug-likeness (QED) is 0.680. The Kier molecular flexibility index (Phi) is 8.27. The van der Waals surface area contributed by atoms with Crippen LogP contribution in [0.4, 0.5) is 0 Å². The fourth-order valence-electron chi connectivity index (χ4n) is 3.05. The Balaban J connectivity index is 2.17. The monoisotopic (exact) mass is 412 g/mol. The molecule has 1 N–H and O–H groups in total. The minimum absolute atomic E-state index is 0.154. The topological polar surface area (TPSA) is 67.9 Å². The van der Waals surface area contributed by atoms with Crippen LogP contribution < -0.4 is 14.8 Å². The zero-order valence-corrected chi connectivity index (χ0v) is 18.5. The number of nitrogens with zero attached hydrogens (tertiary/aromatic N) is 1. The molecule has 0 radical (unpaired) electrons. The van der Waals surface area contributed by atoms with Crippen LogP contribution in [-0.2, 0) is 16.1 Å². The van der Waals surface area contributed by atoms with Gasteiger partial charge >= 0.3 is 0 Å². The van der Waals surface area contributed by atoms with Crippen LogP contribution in [0.25, 0.3) is 0 Å². The van der Waals surface area contributed by atoms with E-state index in [9.17, 15) is 9.59 Å². The fraction of sp³-hybridized carbons (Fsp3) is 0.417. The molecule has 0 bridgehead atoms. The van der Waals surface area contributed by atoms with Gasteiger partial charge in [0, 0.05) is 12.1 Å². The molecule has 0 unspecified atom stereocenters. The number of methoxy groups -OCH3 is 1. The predicted octanol–water partition coefficient (Wildman–Crippen LogP) is 3.80. The Hall–Kier alpha value is -3.02. The van der Waals surface area contributed by atoms with Crippen molar-refractivity contribution in [3.63, 3.8) is 0 Å². The number of benzene rings is 2. The Labute approximate surface area is 179 Å². The molecule has 0 aliphatic heterocycles. The van der Waals surface area contributed by atoms with Gasteiger partial charge in [-0.05, 0) is 57.0 Å². The Bertz CT molecular complexity index is 813. The molecule has 0 saturated carbocycles. The smallest absolute Gasteiger partial charge is 0.261 e. The molecule has 2 aromatic carbocycles. The summed E-state index contributed by atoms with van der Waals surface area (Å²) in [5.74, 6) is 0.865. The summed E-state index contributed by atoms with van der Waals surface area (Å²) in [6.45, 7) is 7.86. The number of carbonyl (C=O) groups is 2. The Morgan fingerprint density at radius 1 is 1.00 bits per heavy atom. The van der Waals surface area contributed by atoms with Crippen LogP contribution in [0, 0.1) is 0 Å². The maximum absolute atomic E-state index is 13.1. The second-order valence-electron chi connectivity index (χ2n) is 8.13. The van der Waals surface area contributed by atoms with Crippen LogP contribution >= 0.6 is 0 Å². The number of nitrogens with one attached hydrogen (secondary N) is 1. The van der Waals surface area contributed by atoms with Crippen molar-refractivity contribution in [2.75, 3.05) is 13.7 Å². The highest BCUT2D eigenvalue weighted by atomic mass is 16.5. The molecule has 6 nitrogen and oxygen atoms in total. The third-order valence-electron chi connectivity index (χ3n) is 4.50. The molecule has 2 amide bonds. The third-order valence-corrected chi connectivity index (χ3v) is 4.50. The lowest BCUT2D eigenvalue weighted by molar-refractivity contribution is -0.143. The van der Waals surface area contributed by atoms with Crippen LogP contribution in [0.1, 0.15) is 39.7 Å². The summed E-state index contributed by atoms with van der Waals surface area (Å²) >= 11 is 0. The standard InChI is InChI=1S/C24H32N2O4/c1-6-21(23(28)25-24(2,3)4)26(16-18-10-8-7-9-11-18)22(27)17-30-20-14-12-19(29-5)13-15-20/h7-15,21H,6,16-17H2,1-5H3,(H,25,28)/t21-/m1/s1. The molecule has 0 aliphatic rings. The highest BCUT2D eigenvalue weighted by molar-refractivity contribution is 5.88. The first kappa shape index (κ1) is 23.3. The Morgan fingerprint density at radius 2 is 1.60 bits per heavy atom. The predicted molar refractivity (Wildman–Crippen MR) is 117 cm³/mol. The van der Waals surface area contributed by atoms with Crippen molar-refractivity contribution in [2.24, 2.45) is 0 Å². The number of amides is 2. The van der Waals surface area contributed by atoms with Gasteiger partial charge < -0.3 is 19.7 Å². The SMILES string of the molecule is CC[C@H](C(=O)NC(C)(C)C)N(Cc1ccccc1)C(=O)COc1ccc(OC)cc1. The largest absolute Gasteiger partial charge is 0.497 e. The molecule has 1 atom stereocenters. The average molecular weight is 413 g/mol. The van der Waals surface area contributed by atoms with Crippen molar-refractivity contribution in [3.05, 3.63) is 60.2 Å². The number of hydrogen-bond donors (Lipinski definition) is 1. The lowest BCUT2D eigenvalue weighted by Crippen LogP contribution is -2.54. The van der Waals surface area contributed by atoms with E-state index in [1.165, 1.54) is 0 Å². The maximum atomic E-state index is 13.1. The average Bonchev–Trinajstić information content (AvgIpc) is 2.71. The molecule has 0 spiro atoms. The lowest BCUT2D eigenvalue weighted by atomic mass is 10.1. The van der Waals surface area contributed by atoms with Gasteiger partial charge in [0.05, 0.1) is 7.11 Å². The zero-order chi connectivity index (χ0) is 22.1. The number of carbonyl (C=O) groups excluding carboxylic acids is 2. The third kappa shape index (κ3) is 7.10. The first-order valence-electron chi connectivity index (χ1n) is 10.2. The van der Waals surface area contributed by atoms with Crippen LogP contribution in [0.15, 0.2) is 54.6 Å². The molecule has 6 heteroatoms. The van der Waals surface area contributed by atoms with Crippen molar-refractivity contribution in [3.8, 4) is 11.5 Å². The number of ether oxygens (including phenoxy) is 2. The minimum Gasteiger partial charge on any atom is -0.497 e. The second kappa shape index (κ2) is 10.7. The molecule has 0 heterocycles. The molecule has 0 aliphatic carbocycles. The normalized spacial score (nSPS) is 12.0. The minimum atomic E-state index is -0.587. The van der Waals surface area contributed by atoms with Gasteiger partial charge in [-0.3, -0.25) is 9.59 Å². The van der Waals surface area contributed by atoms with E-state index in [1.807, 2.05) is 58.0 Å². The van der Waals surface area contributed by atoms with E-state index in [1.54, 1.807) is 36.3 Å². The van der Waals surface area contributed by atoms with E-state index < -0.39 is 6.04 Å². The zero-order valence-electron chi connectivity index (χ0n) is 18.5. The van der Waals surface area contributed by atoms with Gasteiger partial charge in [-0.2, -0.15) is 0 Å². The maximum Gasteiger partial charge on any atom is 0.261 e. The van der Waals surface area contributed by atoms with Gasteiger partial charge in [0.15, 0.2) is 6.61 Å². The van der Waals surface area contributed by atoms with E-state index in [0.29, 0.717) is 24.5 Å². The van der Waals surface area contributed by atoms with E-state index >= 15 is 0 Å². The number of hydrogen-bond acceptors (Lipinski definition) is 4. The Morgan fingerprint density at radius 3 is 2.13 bits per heavy atom. The van der Waals surface area contributed by atoms with E-state index in [2.05, 4.69) is 5.32 Å². The van der Waals surface area contributed by atoms with E-state index in [4.69, 9.17) is 9.47 Å². The van der Waals surface area contributed by atoms with Crippen molar-refractivity contribution in [1.29, 1.82) is 0 Å². The van der Waals surface area contributed by atoms with E-state index in [0.717, 1.165) is 5.56 Å². The lowest BCUT2D eigenvalue weighted by Gasteiger charge is -2.33. The highest BCUT2D eigenvalue weighted by Gasteiger charge is 2.30. The summed E-state index contributed by atoms with van der Waals surface area (Å²) < 4.78 is 10.8. The van der Waals surface area contributed by atoms with E-state index in [-0.39, 0.29) is 24.0 Å². The molecule has 0 aromatic heterocycles. The van der Waals surface area contributed by atoms with Gasteiger partial charge in [0.1, 0.15) is 17.5 Å². The summed E-state index contributed by atoms with van der Waals surface area (Å²) in [5.41, 5.74) is 0.572. The van der Waals surface area contributed by atoms with Crippen molar-refractivity contribution in [1.82, 2.24) is 10.2 Å². The van der Waals surface area contributed by atoms with Crippen LogP contribution in [0.2, 0.25) is 0 Å². The first-order valence-corrected chi connectivity index (χ1v) is 10.2. The van der Waals surface area contributed by atoms with Crippen molar-refractivity contribution in [2.45, 2.75) is 52.2 Å². The second-order valence-corrected chi connectivity index (χ2v) is 8.13. The molecular formula is C24H32N2O4. The fourth-order valence-corrected chi connectivity index (χ4v) is 3.05. The summed E-state index contributed by atoms with van der Waals surface area (Å²) in [6, 6.07) is 16.1. The first-order chi connectivity index (χ1) is 14.2. The molecule has 2 rings (SSSR count). The van der Waals surface area contributed by atoms with Crippen molar-refractivity contribution < 1.29 is 19.1 Å². The molecule has 0 fully saturated rings. The van der Waals surface area contributed by atoms with Crippen LogP contribution in [0.5, 0.6) is 11.5 Å². The summed E-state index contributed by atoms with van der Waals surface area (Å²) in [7, 11) is 1.59. The summed E-state index contributed by atoms with van der Waals surface area (Å²) in [4.78, 5) is 27.6. The van der Waals surface area contributed by atoms with Gasteiger partial charge in [-0.1, -0.05) is 37.3 Å². The van der Waals surface area contributed by atoms with Crippen LogP contribution in [-0.4, -0.2) is 42.0 Å². The van der Waals surface area contributed by atoms with Gasteiger partial charge in [-0.25, -0.2) is 0 Å². The highest BCUT2D eigenvalue weighted by Crippen LogP contribution is 2.18. The summed E-state index contributed by atoms with van der Waals surface area (Å²) in [5, 5.41) is 2.99. The van der Waals surface area contributed by atoms with Crippen LogP contribution in [0.3, 0.4) is 0 Å². The molecule has 0 saturated heterocycles. The van der Waals surface area contributed by atoms with Gasteiger partial charge in [0.25, 0.3) is 5.91 Å².